The van der Waals surface area contributed by atoms with Crippen molar-refractivity contribution in [2.24, 2.45) is 0 Å². The van der Waals surface area contributed by atoms with Crippen molar-refractivity contribution in [3.63, 3.8) is 0 Å². The quantitative estimate of drug-likeness (QED) is 0.523. The van der Waals surface area contributed by atoms with Crippen LogP contribution >= 0.6 is 34.2 Å². The monoisotopic (exact) mass is 324 g/mol. The van der Waals surface area contributed by atoms with E-state index in [9.17, 15) is 9.90 Å². The summed E-state index contributed by atoms with van der Waals surface area (Å²) < 4.78 is 0.942. The zero-order chi connectivity index (χ0) is 10.6. The molecule has 0 spiro atoms. The van der Waals surface area contributed by atoms with Gasteiger partial charge >= 0.3 is 0 Å². The third kappa shape index (κ3) is 3.13. The van der Waals surface area contributed by atoms with Gasteiger partial charge in [-0.15, -0.1) is 0 Å². The molecule has 1 N–H and O–H groups in total. The number of rotatable bonds is 4. The Morgan fingerprint density at radius 2 is 2.21 bits per heavy atom. The van der Waals surface area contributed by atoms with Crippen LogP contribution in [-0.4, -0.2) is 15.3 Å². The van der Waals surface area contributed by atoms with Crippen LogP contribution < -0.4 is 0 Å². The molecular formula is C10H10ClIO2. The SMILES string of the molecule is O=C(CCCI)c1ccc(Cl)cc1O. The predicted octanol–water partition coefficient (Wildman–Crippen LogP) is 3.44. The van der Waals surface area contributed by atoms with Gasteiger partial charge in [0.1, 0.15) is 5.75 Å². The zero-order valence-electron chi connectivity index (χ0n) is 7.46. The highest BCUT2D eigenvalue weighted by Gasteiger charge is 2.10. The molecule has 0 atom stereocenters. The Hall–Kier alpha value is -0.290. The number of phenols is 1. The van der Waals surface area contributed by atoms with Crippen LogP contribution in [0.3, 0.4) is 0 Å². The minimum absolute atomic E-state index is 0.0315. The van der Waals surface area contributed by atoms with E-state index in [0.717, 1.165) is 10.8 Å². The molecule has 0 amide bonds. The maximum Gasteiger partial charge on any atom is 0.166 e. The van der Waals surface area contributed by atoms with E-state index in [1.54, 1.807) is 12.1 Å². The van der Waals surface area contributed by atoms with Gasteiger partial charge < -0.3 is 5.11 Å². The van der Waals surface area contributed by atoms with Crippen LogP contribution in [0.1, 0.15) is 23.2 Å². The van der Waals surface area contributed by atoms with Gasteiger partial charge in [-0.1, -0.05) is 34.2 Å². The second kappa shape index (κ2) is 5.56. The minimum atomic E-state index is -0.0316. The summed E-state index contributed by atoms with van der Waals surface area (Å²) in [6.45, 7) is 0. The molecule has 0 heterocycles. The van der Waals surface area contributed by atoms with Gasteiger partial charge in [0.15, 0.2) is 5.78 Å². The van der Waals surface area contributed by atoms with E-state index < -0.39 is 0 Å². The number of alkyl halides is 1. The van der Waals surface area contributed by atoms with Crippen LogP contribution in [0.2, 0.25) is 5.02 Å². The highest BCUT2D eigenvalue weighted by molar-refractivity contribution is 14.1. The van der Waals surface area contributed by atoms with Crippen LogP contribution in [0.15, 0.2) is 18.2 Å². The first-order valence-corrected chi connectivity index (χ1v) is 6.13. The number of halogens is 2. The number of Topliss-reactive ketones (excluding diaryl/α,β-unsaturated/α-hetero) is 1. The lowest BCUT2D eigenvalue weighted by Crippen LogP contribution is -1.99. The molecule has 0 aliphatic heterocycles. The molecule has 1 aromatic rings. The van der Waals surface area contributed by atoms with Crippen molar-refractivity contribution in [2.45, 2.75) is 12.8 Å². The van der Waals surface area contributed by atoms with E-state index in [0.29, 0.717) is 17.0 Å². The highest BCUT2D eigenvalue weighted by Crippen LogP contribution is 2.23. The lowest BCUT2D eigenvalue weighted by atomic mass is 10.1. The summed E-state index contributed by atoms with van der Waals surface area (Å²) in [5, 5.41) is 9.89. The Morgan fingerprint density at radius 1 is 1.50 bits per heavy atom. The molecule has 0 radical (unpaired) electrons. The largest absolute Gasteiger partial charge is 0.507 e. The maximum atomic E-state index is 11.5. The number of hydrogen-bond acceptors (Lipinski definition) is 2. The Morgan fingerprint density at radius 3 is 2.79 bits per heavy atom. The van der Waals surface area contributed by atoms with Crippen LogP contribution in [-0.2, 0) is 0 Å². The van der Waals surface area contributed by atoms with Crippen molar-refractivity contribution in [1.82, 2.24) is 0 Å². The second-order valence-electron chi connectivity index (χ2n) is 2.88. The van der Waals surface area contributed by atoms with Crippen molar-refractivity contribution in [3.05, 3.63) is 28.8 Å². The molecule has 0 aromatic heterocycles. The number of phenolic OH excluding ortho intramolecular Hbond substituents is 1. The van der Waals surface area contributed by atoms with Gasteiger partial charge in [-0.3, -0.25) is 4.79 Å². The first kappa shape index (κ1) is 11.8. The summed E-state index contributed by atoms with van der Waals surface area (Å²) in [6.07, 6.45) is 1.31. The van der Waals surface area contributed by atoms with Crippen LogP contribution in [0, 0.1) is 0 Å². The number of ketones is 1. The summed E-state index contributed by atoms with van der Waals surface area (Å²) in [7, 11) is 0. The third-order valence-corrected chi connectivity index (χ3v) is 2.80. The maximum absolute atomic E-state index is 11.5. The minimum Gasteiger partial charge on any atom is -0.507 e. The second-order valence-corrected chi connectivity index (χ2v) is 4.39. The van der Waals surface area contributed by atoms with Crippen molar-refractivity contribution in [2.75, 3.05) is 4.43 Å². The molecule has 0 saturated carbocycles. The van der Waals surface area contributed by atoms with E-state index in [1.165, 1.54) is 6.07 Å². The van der Waals surface area contributed by atoms with Crippen molar-refractivity contribution < 1.29 is 9.90 Å². The molecule has 0 aliphatic rings. The molecule has 76 valence electrons. The molecule has 0 bridgehead atoms. The van der Waals surface area contributed by atoms with Crippen LogP contribution in [0.25, 0.3) is 0 Å². The summed E-state index contributed by atoms with van der Waals surface area (Å²) in [5.41, 5.74) is 0.360. The normalized spacial score (nSPS) is 10.1. The van der Waals surface area contributed by atoms with Crippen molar-refractivity contribution in [1.29, 1.82) is 0 Å². The number of benzene rings is 1. The number of carbonyl (C=O) groups excluding carboxylic acids is 1. The predicted molar refractivity (Wildman–Crippen MR) is 65.6 cm³/mol. The fraction of sp³-hybridized carbons (Fsp3) is 0.300. The van der Waals surface area contributed by atoms with Gasteiger partial charge in [0, 0.05) is 11.4 Å². The Kier molecular flexibility index (Phi) is 4.68. The van der Waals surface area contributed by atoms with Gasteiger partial charge in [0.2, 0.25) is 0 Å². The van der Waals surface area contributed by atoms with Crippen LogP contribution in [0.5, 0.6) is 5.75 Å². The van der Waals surface area contributed by atoms with E-state index >= 15 is 0 Å². The Bertz CT molecular complexity index is 339. The summed E-state index contributed by atoms with van der Waals surface area (Å²) in [5.74, 6) is -0.0632. The Balaban J connectivity index is 2.80. The average Bonchev–Trinajstić information content (AvgIpc) is 2.14. The third-order valence-electron chi connectivity index (χ3n) is 1.80. The first-order chi connectivity index (χ1) is 6.65. The zero-order valence-corrected chi connectivity index (χ0v) is 10.4. The highest BCUT2D eigenvalue weighted by atomic mass is 127. The van der Waals surface area contributed by atoms with Gasteiger partial charge in [-0.2, -0.15) is 0 Å². The molecular weight excluding hydrogens is 314 g/mol. The van der Waals surface area contributed by atoms with Crippen molar-refractivity contribution in [3.8, 4) is 5.75 Å². The van der Waals surface area contributed by atoms with Crippen LogP contribution in [0.4, 0.5) is 0 Å². The van der Waals surface area contributed by atoms with Gasteiger partial charge in [-0.05, 0) is 29.0 Å². The topological polar surface area (TPSA) is 37.3 Å². The molecule has 1 aromatic carbocycles. The van der Waals surface area contributed by atoms with Crippen molar-refractivity contribution >= 4 is 40.0 Å². The summed E-state index contributed by atoms with van der Waals surface area (Å²) >= 11 is 7.87. The molecule has 14 heavy (non-hydrogen) atoms. The standard InChI is InChI=1S/C10H10ClIO2/c11-7-3-4-8(10(14)6-7)9(13)2-1-5-12/h3-4,6,14H,1-2,5H2. The molecule has 0 saturated heterocycles. The first-order valence-electron chi connectivity index (χ1n) is 4.23. The Labute approximate surface area is 101 Å². The number of aromatic hydroxyl groups is 1. The van der Waals surface area contributed by atoms with E-state index in [1.807, 2.05) is 0 Å². The van der Waals surface area contributed by atoms with Gasteiger partial charge in [0.05, 0.1) is 5.56 Å². The van der Waals surface area contributed by atoms with E-state index in [-0.39, 0.29) is 11.5 Å². The smallest absolute Gasteiger partial charge is 0.166 e. The number of carbonyl (C=O) groups is 1. The molecule has 1 rings (SSSR count). The molecule has 0 fully saturated rings. The fourth-order valence-electron chi connectivity index (χ4n) is 1.10. The van der Waals surface area contributed by atoms with Gasteiger partial charge in [0.25, 0.3) is 0 Å². The average molecular weight is 325 g/mol. The lowest BCUT2D eigenvalue weighted by molar-refractivity contribution is 0.0979. The molecule has 2 nitrogen and oxygen atoms in total. The molecule has 0 unspecified atom stereocenters. The molecule has 0 aliphatic carbocycles. The number of hydrogen-bond donors (Lipinski definition) is 1. The summed E-state index contributed by atoms with van der Waals surface area (Å²) in [4.78, 5) is 11.5. The molecule has 4 heteroatoms. The van der Waals surface area contributed by atoms with E-state index in [4.69, 9.17) is 11.6 Å². The van der Waals surface area contributed by atoms with Gasteiger partial charge in [-0.25, -0.2) is 0 Å². The van der Waals surface area contributed by atoms with E-state index in [2.05, 4.69) is 22.6 Å². The fourth-order valence-corrected chi connectivity index (χ4v) is 1.65. The lowest BCUT2D eigenvalue weighted by Gasteiger charge is -2.02. The summed E-state index contributed by atoms with van der Waals surface area (Å²) in [6, 6.07) is 4.56.